The van der Waals surface area contributed by atoms with Crippen LogP contribution in [0.1, 0.15) is 27.6 Å². The second kappa shape index (κ2) is 7.64. The number of carbonyl (C=O) groups excluding carboxylic acids is 2. The number of rotatable bonds is 5. The van der Waals surface area contributed by atoms with E-state index in [0.29, 0.717) is 27.9 Å². The molecule has 2 heterocycles. The summed E-state index contributed by atoms with van der Waals surface area (Å²) in [4.78, 5) is 33.3. The van der Waals surface area contributed by atoms with Crippen molar-refractivity contribution < 1.29 is 9.59 Å². The molecule has 0 unspecified atom stereocenters. The van der Waals surface area contributed by atoms with Gasteiger partial charge in [-0.2, -0.15) is 0 Å². The van der Waals surface area contributed by atoms with E-state index in [1.807, 2.05) is 6.92 Å². The highest BCUT2D eigenvalue weighted by Crippen LogP contribution is 2.25. The minimum atomic E-state index is -0.253. The number of benzene rings is 2. The number of nitrogens with two attached hydrogens (primary N) is 2. The third kappa shape index (κ3) is 4.13. The van der Waals surface area contributed by atoms with Gasteiger partial charge in [-0.15, -0.1) is 0 Å². The molecular weight excluding hydrogens is 408 g/mol. The molecule has 0 aliphatic carbocycles. The van der Waals surface area contributed by atoms with Gasteiger partial charge in [0.2, 0.25) is 0 Å². The number of amides is 2. The van der Waals surface area contributed by atoms with Gasteiger partial charge in [-0.05, 0) is 43.3 Å². The summed E-state index contributed by atoms with van der Waals surface area (Å²) in [5.74, 6) is -0.441. The summed E-state index contributed by atoms with van der Waals surface area (Å²) >= 11 is 2.67. The molecule has 2 aromatic heterocycles. The van der Waals surface area contributed by atoms with Gasteiger partial charge < -0.3 is 22.1 Å². The predicted octanol–water partition coefficient (Wildman–Crippen LogP) is 2.62. The maximum atomic E-state index is 12.5. The first-order valence-corrected chi connectivity index (χ1v) is 10.4. The Bertz CT molecular complexity index is 1230. The van der Waals surface area contributed by atoms with Gasteiger partial charge in [-0.25, -0.2) is 9.97 Å². The fourth-order valence-corrected chi connectivity index (χ4v) is 4.42. The molecule has 0 bridgehead atoms. The van der Waals surface area contributed by atoms with Gasteiger partial charge in [-0.3, -0.25) is 9.59 Å². The first-order valence-electron chi connectivity index (χ1n) is 8.80. The summed E-state index contributed by atoms with van der Waals surface area (Å²) in [5, 5.41) is 6.65. The number of anilines is 2. The van der Waals surface area contributed by atoms with Crippen molar-refractivity contribution in [1.82, 2.24) is 20.6 Å². The summed E-state index contributed by atoms with van der Waals surface area (Å²) < 4.78 is 1.71. The Balaban J connectivity index is 1.36. The number of nitrogens with zero attached hydrogens (tertiary/aromatic N) is 2. The molecule has 0 aliphatic heterocycles. The lowest BCUT2D eigenvalue weighted by molar-refractivity contribution is 0.0912. The number of fused-ring (bicyclic) bond motifs is 2. The van der Waals surface area contributed by atoms with Crippen molar-refractivity contribution in [2.75, 3.05) is 18.0 Å². The Morgan fingerprint density at radius 1 is 0.931 bits per heavy atom. The lowest BCUT2D eigenvalue weighted by atomic mass is 10.2. The van der Waals surface area contributed by atoms with Crippen molar-refractivity contribution in [2.24, 2.45) is 0 Å². The van der Waals surface area contributed by atoms with Crippen LogP contribution in [0.2, 0.25) is 0 Å². The van der Waals surface area contributed by atoms with Gasteiger partial charge in [0.15, 0.2) is 10.3 Å². The zero-order valence-electron chi connectivity index (χ0n) is 15.4. The summed E-state index contributed by atoms with van der Waals surface area (Å²) in [6, 6.07) is 10.2. The van der Waals surface area contributed by atoms with Crippen LogP contribution in [0.15, 0.2) is 36.4 Å². The highest BCUT2D eigenvalue weighted by atomic mass is 32.1. The average molecular weight is 427 g/mol. The maximum absolute atomic E-state index is 12.5. The minimum Gasteiger partial charge on any atom is -0.375 e. The van der Waals surface area contributed by atoms with E-state index in [-0.39, 0.29) is 17.9 Å². The van der Waals surface area contributed by atoms with Crippen molar-refractivity contribution in [3.05, 3.63) is 47.5 Å². The minimum absolute atomic E-state index is 0.220. The van der Waals surface area contributed by atoms with Crippen LogP contribution in [0.3, 0.4) is 0 Å². The van der Waals surface area contributed by atoms with Crippen LogP contribution in [0.4, 0.5) is 10.3 Å². The molecule has 29 heavy (non-hydrogen) atoms. The lowest BCUT2D eigenvalue weighted by Crippen LogP contribution is -2.41. The van der Waals surface area contributed by atoms with Crippen LogP contribution in [0, 0.1) is 0 Å². The number of hydrogen-bond donors (Lipinski definition) is 4. The Kier molecular flexibility index (Phi) is 5.03. The zero-order valence-corrected chi connectivity index (χ0v) is 17.1. The zero-order chi connectivity index (χ0) is 20.5. The maximum Gasteiger partial charge on any atom is 0.251 e. The van der Waals surface area contributed by atoms with E-state index in [1.54, 1.807) is 36.4 Å². The Morgan fingerprint density at radius 3 is 2.00 bits per heavy atom. The Labute approximate surface area is 173 Å². The molecule has 2 aromatic carbocycles. The Morgan fingerprint density at radius 2 is 1.45 bits per heavy atom. The number of nitrogen functional groups attached to an aromatic ring is 2. The van der Waals surface area contributed by atoms with Gasteiger partial charge in [-0.1, -0.05) is 22.7 Å². The topological polar surface area (TPSA) is 136 Å². The molecule has 0 saturated carbocycles. The third-order valence-corrected chi connectivity index (χ3v) is 5.98. The van der Waals surface area contributed by atoms with E-state index in [2.05, 4.69) is 20.6 Å². The van der Waals surface area contributed by atoms with Gasteiger partial charge in [0.05, 0.1) is 20.4 Å². The van der Waals surface area contributed by atoms with Gasteiger partial charge in [0.1, 0.15) is 0 Å². The van der Waals surface area contributed by atoms with Crippen LogP contribution >= 0.6 is 22.7 Å². The SMILES string of the molecule is C[C@@H](CNC(=O)c1ccc2nc(N)sc2c1)NC(=O)c1ccc2nc(N)sc2c1. The molecule has 2 amide bonds. The molecule has 0 spiro atoms. The molecular formula is C19H18N6O2S2. The number of thiazole rings is 2. The third-order valence-electron chi connectivity index (χ3n) is 4.28. The molecule has 8 nitrogen and oxygen atoms in total. The molecule has 0 fully saturated rings. The lowest BCUT2D eigenvalue weighted by Gasteiger charge is -2.15. The van der Waals surface area contributed by atoms with Gasteiger partial charge >= 0.3 is 0 Å². The van der Waals surface area contributed by atoms with Crippen LogP contribution in [-0.4, -0.2) is 34.4 Å². The van der Waals surface area contributed by atoms with E-state index in [9.17, 15) is 9.59 Å². The molecule has 0 saturated heterocycles. The second-order valence-corrected chi connectivity index (χ2v) is 8.68. The van der Waals surface area contributed by atoms with E-state index < -0.39 is 0 Å². The van der Waals surface area contributed by atoms with Gasteiger partial charge in [0, 0.05) is 23.7 Å². The number of nitrogens with one attached hydrogen (secondary N) is 2. The monoisotopic (exact) mass is 426 g/mol. The van der Waals surface area contributed by atoms with Crippen molar-refractivity contribution in [2.45, 2.75) is 13.0 Å². The highest BCUT2D eigenvalue weighted by Gasteiger charge is 2.14. The summed E-state index contributed by atoms with van der Waals surface area (Å²) in [6.45, 7) is 2.12. The smallest absolute Gasteiger partial charge is 0.251 e. The number of aromatic nitrogens is 2. The van der Waals surface area contributed by atoms with E-state index in [4.69, 9.17) is 11.5 Å². The van der Waals surface area contributed by atoms with Crippen molar-refractivity contribution >= 4 is 65.2 Å². The molecule has 10 heteroatoms. The van der Waals surface area contributed by atoms with E-state index in [0.717, 1.165) is 20.4 Å². The first-order chi connectivity index (χ1) is 13.9. The summed E-state index contributed by atoms with van der Waals surface area (Å²) in [5.41, 5.74) is 14.0. The standard InChI is InChI=1S/C19H18N6O2S2/c1-9(23-17(27)11-3-5-13-15(7-11)29-19(21)25-13)8-22-16(26)10-2-4-12-14(6-10)28-18(20)24-12/h2-7,9H,8H2,1H3,(H2,20,24)(H2,21,25)(H,22,26)(H,23,27)/t9-/m0/s1. The number of carbonyl (C=O) groups is 2. The first kappa shape index (κ1) is 19.1. The predicted molar refractivity (Wildman–Crippen MR) is 117 cm³/mol. The number of hydrogen-bond acceptors (Lipinski definition) is 8. The summed E-state index contributed by atoms with van der Waals surface area (Å²) in [7, 11) is 0. The molecule has 4 rings (SSSR count). The van der Waals surface area contributed by atoms with Crippen LogP contribution in [0.5, 0.6) is 0 Å². The largest absolute Gasteiger partial charge is 0.375 e. The Hall–Kier alpha value is -3.24. The second-order valence-electron chi connectivity index (χ2n) is 6.55. The van der Waals surface area contributed by atoms with Gasteiger partial charge in [0.25, 0.3) is 11.8 Å². The highest BCUT2D eigenvalue weighted by molar-refractivity contribution is 7.22. The van der Waals surface area contributed by atoms with Crippen molar-refractivity contribution in [1.29, 1.82) is 0 Å². The molecule has 0 radical (unpaired) electrons. The molecule has 0 aliphatic rings. The fourth-order valence-electron chi connectivity index (χ4n) is 2.87. The van der Waals surface area contributed by atoms with Crippen molar-refractivity contribution in [3.63, 3.8) is 0 Å². The van der Waals surface area contributed by atoms with Crippen molar-refractivity contribution in [3.8, 4) is 0 Å². The average Bonchev–Trinajstić information content (AvgIpc) is 3.24. The van der Waals surface area contributed by atoms with E-state index >= 15 is 0 Å². The molecule has 1 atom stereocenters. The fraction of sp³-hybridized carbons (Fsp3) is 0.158. The normalized spacial score (nSPS) is 12.2. The van der Waals surface area contributed by atoms with Crippen LogP contribution < -0.4 is 22.1 Å². The van der Waals surface area contributed by atoms with E-state index in [1.165, 1.54) is 22.7 Å². The molecule has 6 N–H and O–H groups in total. The molecule has 148 valence electrons. The van der Waals surface area contributed by atoms with Crippen LogP contribution in [0.25, 0.3) is 20.4 Å². The summed E-state index contributed by atoms with van der Waals surface area (Å²) in [6.07, 6.45) is 0. The van der Waals surface area contributed by atoms with Crippen LogP contribution in [-0.2, 0) is 0 Å². The quantitative estimate of drug-likeness (QED) is 0.387. The molecule has 4 aromatic rings.